The van der Waals surface area contributed by atoms with Crippen molar-refractivity contribution < 1.29 is 4.42 Å². The van der Waals surface area contributed by atoms with Gasteiger partial charge in [0.2, 0.25) is 5.95 Å². The van der Waals surface area contributed by atoms with E-state index in [0.29, 0.717) is 11.5 Å². The van der Waals surface area contributed by atoms with Crippen molar-refractivity contribution in [2.45, 2.75) is 0 Å². The molecule has 0 aliphatic heterocycles. The maximum Gasteiger partial charge on any atom is 0.236 e. The maximum atomic E-state index is 6.68. The Morgan fingerprint density at radius 2 is 1.09 bits per heavy atom. The molecule has 0 unspecified atom stereocenters. The molecule has 0 N–H and O–H groups in total. The number of hydrogen-bond acceptors (Lipinski definition) is 4. The van der Waals surface area contributed by atoms with Crippen LogP contribution in [0.2, 0.25) is 0 Å². The largest absolute Gasteiger partial charge is 0.452 e. The van der Waals surface area contributed by atoms with Crippen LogP contribution >= 0.6 is 11.3 Å². The van der Waals surface area contributed by atoms with Crippen molar-refractivity contribution in [1.29, 1.82) is 0 Å². The van der Waals surface area contributed by atoms with Crippen molar-refractivity contribution in [1.82, 2.24) is 14.5 Å². The molecule has 0 saturated carbocycles. The fourth-order valence-electron chi connectivity index (χ4n) is 8.56. The topological polar surface area (TPSA) is 43.9 Å². The van der Waals surface area contributed by atoms with Gasteiger partial charge in [-0.1, -0.05) is 140 Å². The lowest BCUT2D eigenvalue weighted by Gasteiger charge is -2.14. The van der Waals surface area contributed by atoms with Crippen LogP contribution in [0.1, 0.15) is 0 Å². The standard InChI is InChI=1S/C48H27N3OS/c1-2-14-28(15-3-1)29-26-27-32(31-17-5-4-16-30(29)31)43-46-44(36-21-9-12-24-39(36)52-46)50-48(49-43)51-38-23-11-8-20-35(38)41-42-37-22-10-13-25-40(37)53-47(42)34-19-7-6-18-33(34)45(41)51/h1-27H. The number of rotatable bonds is 3. The Morgan fingerprint density at radius 3 is 1.92 bits per heavy atom. The van der Waals surface area contributed by atoms with E-state index in [1.807, 2.05) is 23.5 Å². The van der Waals surface area contributed by atoms with Gasteiger partial charge in [0.15, 0.2) is 5.58 Å². The van der Waals surface area contributed by atoms with Crippen LogP contribution in [0.4, 0.5) is 0 Å². The van der Waals surface area contributed by atoms with E-state index in [9.17, 15) is 0 Å². The van der Waals surface area contributed by atoms with Crippen LogP contribution in [0.15, 0.2) is 168 Å². The molecule has 4 aromatic heterocycles. The second-order valence-corrected chi connectivity index (χ2v) is 14.7. The smallest absolute Gasteiger partial charge is 0.236 e. The van der Waals surface area contributed by atoms with E-state index in [0.717, 1.165) is 49.5 Å². The zero-order chi connectivity index (χ0) is 34.6. The monoisotopic (exact) mass is 693 g/mol. The Labute approximate surface area is 306 Å². The molecule has 8 aromatic carbocycles. The average Bonchev–Trinajstić information content (AvgIpc) is 3.91. The molecule has 0 radical (unpaired) electrons. The fraction of sp³-hybridized carbons (Fsp3) is 0. The van der Waals surface area contributed by atoms with Crippen molar-refractivity contribution in [3.8, 4) is 28.3 Å². The minimum atomic E-state index is 0.616. The first kappa shape index (κ1) is 28.8. The molecule has 0 fully saturated rings. The number of thiophene rings is 1. The Morgan fingerprint density at radius 1 is 0.472 bits per heavy atom. The molecule has 0 atom stereocenters. The van der Waals surface area contributed by atoms with Crippen molar-refractivity contribution in [3.05, 3.63) is 164 Å². The summed E-state index contributed by atoms with van der Waals surface area (Å²) in [5.74, 6) is 0.616. The zero-order valence-corrected chi connectivity index (χ0v) is 29.1. The van der Waals surface area contributed by atoms with Crippen molar-refractivity contribution in [2.24, 2.45) is 0 Å². The van der Waals surface area contributed by atoms with Crippen LogP contribution in [0.25, 0.3) is 114 Å². The van der Waals surface area contributed by atoms with Crippen molar-refractivity contribution >= 4 is 96.9 Å². The quantitative estimate of drug-likeness (QED) is 0.185. The summed E-state index contributed by atoms with van der Waals surface area (Å²) in [6, 6.07) is 58.1. The van der Waals surface area contributed by atoms with Gasteiger partial charge in [-0.2, -0.15) is 0 Å². The van der Waals surface area contributed by atoms with Gasteiger partial charge in [0.25, 0.3) is 0 Å². The van der Waals surface area contributed by atoms with Gasteiger partial charge in [0.1, 0.15) is 16.8 Å². The normalized spacial score (nSPS) is 12.2. The van der Waals surface area contributed by atoms with Gasteiger partial charge in [-0.05, 0) is 46.2 Å². The molecule has 0 bridgehead atoms. The van der Waals surface area contributed by atoms with Gasteiger partial charge < -0.3 is 4.42 Å². The predicted octanol–water partition coefficient (Wildman–Crippen LogP) is 13.5. The number of fused-ring (bicyclic) bond motifs is 14. The van der Waals surface area contributed by atoms with Crippen LogP contribution in [-0.2, 0) is 0 Å². The van der Waals surface area contributed by atoms with Crippen LogP contribution in [0, 0.1) is 0 Å². The van der Waals surface area contributed by atoms with Gasteiger partial charge in [-0.3, -0.25) is 4.57 Å². The molecule has 53 heavy (non-hydrogen) atoms. The van der Waals surface area contributed by atoms with Crippen LogP contribution < -0.4 is 0 Å². The van der Waals surface area contributed by atoms with Gasteiger partial charge in [-0.25, -0.2) is 9.97 Å². The molecular weight excluding hydrogens is 667 g/mol. The third kappa shape index (κ3) is 4.00. The molecule has 12 rings (SSSR count). The SMILES string of the molecule is c1ccc(-c2ccc(-c3nc(-n4c5ccccc5c5c6c7ccccc7sc6c6ccccc6c54)nc4c3oc3ccccc34)c3ccccc23)cc1. The van der Waals surface area contributed by atoms with E-state index in [1.165, 1.54) is 52.8 Å². The van der Waals surface area contributed by atoms with Crippen molar-refractivity contribution in [3.63, 3.8) is 0 Å². The summed E-state index contributed by atoms with van der Waals surface area (Å²) in [6.45, 7) is 0. The lowest BCUT2D eigenvalue weighted by atomic mass is 9.93. The second kappa shape index (κ2) is 10.8. The number of aromatic nitrogens is 3. The molecule has 0 aliphatic rings. The molecule has 246 valence electrons. The summed E-state index contributed by atoms with van der Waals surface area (Å²) < 4.78 is 11.6. The molecule has 4 heterocycles. The highest BCUT2D eigenvalue weighted by Gasteiger charge is 2.25. The molecule has 0 amide bonds. The highest BCUT2D eigenvalue weighted by atomic mass is 32.1. The van der Waals surface area contributed by atoms with Gasteiger partial charge in [0, 0.05) is 52.7 Å². The summed E-state index contributed by atoms with van der Waals surface area (Å²) in [4.78, 5) is 11.0. The third-order valence-corrected chi connectivity index (χ3v) is 12.0. The Kier molecular flexibility index (Phi) is 5.90. The van der Waals surface area contributed by atoms with Gasteiger partial charge in [-0.15, -0.1) is 11.3 Å². The lowest BCUT2D eigenvalue weighted by molar-refractivity contribution is 0.666. The first-order chi connectivity index (χ1) is 26.3. The number of nitrogens with zero attached hydrogens (tertiary/aromatic N) is 3. The molecule has 0 saturated heterocycles. The Bertz CT molecular complexity index is 3460. The number of furan rings is 1. The minimum Gasteiger partial charge on any atom is -0.452 e. The number of para-hydroxylation sites is 2. The highest BCUT2D eigenvalue weighted by Crippen LogP contribution is 2.48. The molecule has 12 aromatic rings. The number of benzene rings is 8. The van der Waals surface area contributed by atoms with E-state index in [1.54, 1.807) is 0 Å². The molecule has 0 aliphatic carbocycles. The summed E-state index contributed by atoms with van der Waals surface area (Å²) in [5.41, 5.74) is 8.59. The summed E-state index contributed by atoms with van der Waals surface area (Å²) in [5, 5.41) is 10.6. The molecular formula is C48H27N3OS. The molecule has 4 nitrogen and oxygen atoms in total. The van der Waals surface area contributed by atoms with Crippen LogP contribution in [0.5, 0.6) is 0 Å². The zero-order valence-electron chi connectivity index (χ0n) is 28.2. The van der Waals surface area contributed by atoms with Gasteiger partial charge >= 0.3 is 0 Å². The summed E-state index contributed by atoms with van der Waals surface area (Å²) in [7, 11) is 0. The minimum absolute atomic E-state index is 0.616. The summed E-state index contributed by atoms with van der Waals surface area (Å²) >= 11 is 1.87. The van der Waals surface area contributed by atoms with Crippen LogP contribution in [-0.4, -0.2) is 14.5 Å². The lowest BCUT2D eigenvalue weighted by Crippen LogP contribution is -2.03. The first-order valence-corrected chi connectivity index (χ1v) is 18.7. The van der Waals surface area contributed by atoms with Gasteiger partial charge in [0.05, 0.1) is 11.0 Å². The van der Waals surface area contributed by atoms with E-state index < -0.39 is 0 Å². The van der Waals surface area contributed by atoms with E-state index in [4.69, 9.17) is 14.4 Å². The van der Waals surface area contributed by atoms with E-state index >= 15 is 0 Å². The first-order valence-electron chi connectivity index (χ1n) is 17.8. The van der Waals surface area contributed by atoms with Crippen LogP contribution in [0.3, 0.4) is 0 Å². The highest BCUT2D eigenvalue weighted by molar-refractivity contribution is 7.27. The second-order valence-electron chi connectivity index (χ2n) is 13.6. The number of hydrogen-bond donors (Lipinski definition) is 0. The summed E-state index contributed by atoms with van der Waals surface area (Å²) in [6.07, 6.45) is 0. The van der Waals surface area contributed by atoms with E-state index in [2.05, 4.69) is 156 Å². The third-order valence-electron chi connectivity index (χ3n) is 10.8. The van der Waals surface area contributed by atoms with E-state index in [-0.39, 0.29) is 0 Å². The maximum absolute atomic E-state index is 6.68. The Hall–Kier alpha value is -6.82. The average molecular weight is 694 g/mol. The molecule has 5 heteroatoms. The molecule has 0 spiro atoms. The fourth-order valence-corrected chi connectivity index (χ4v) is 9.81. The Balaban J connectivity index is 1.26. The predicted molar refractivity (Wildman–Crippen MR) is 222 cm³/mol. The van der Waals surface area contributed by atoms with Crippen molar-refractivity contribution in [2.75, 3.05) is 0 Å².